The first-order valence-electron chi connectivity index (χ1n) is 7.37. The van der Waals surface area contributed by atoms with Crippen LogP contribution < -0.4 is 10.2 Å². The van der Waals surface area contributed by atoms with E-state index in [1.807, 2.05) is 0 Å². The number of anilines is 1. The SMILES string of the molecule is Cc1ncnc(N2CCCCC2CNC(C)(C)C)c1F. The molecule has 0 radical (unpaired) electrons. The summed E-state index contributed by atoms with van der Waals surface area (Å²) in [6.07, 6.45) is 4.81. The molecule has 1 saturated heterocycles. The van der Waals surface area contributed by atoms with Crippen LogP contribution in [0.15, 0.2) is 6.33 Å². The number of aryl methyl sites for hydroxylation is 1. The van der Waals surface area contributed by atoms with Gasteiger partial charge in [-0.15, -0.1) is 0 Å². The van der Waals surface area contributed by atoms with Crippen molar-refractivity contribution in [2.45, 2.75) is 58.5 Å². The Balaban J connectivity index is 2.16. The van der Waals surface area contributed by atoms with E-state index < -0.39 is 0 Å². The molecule has 1 aromatic heterocycles. The second-order valence-electron chi connectivity index (χ2n) is 6.57. The summed E-state index contributed by atoms with van der Waals surface area (Å²) in [4.78, 5) is 10.2. The monoisotopic (exact) mass is 280 g/mol. The van der Waals surface area contributed by atoms with Crippen molar-refractivity contribution in [2.75, 3.05) is 18.0 Å². The first-order valence-corrected chi connectivity index (χ1v) is 7.37. The Morgan fingerprint density at radius 2 is 2.10 bits per heavy atom. The molecular weight excluding hydrogens is 255 g/mol. The van der Waals surface area contributed by atoms with Gasteiger partial charge < -0.3 is 10.2 Å². The van der Waals surface area contributed by atoms with Gasteiger partial charge in [-0.2, -0.15) is 0 Å². The van der Waals surface area contributed by atoms with E-state index in [1.165, 1.54) is 12.7 Å². The van der Waals surface area contributed by atoms with Gasteiger partial charge >= 0.3 is 0 Å². The fourth-order valence-corrected chi connectivity index (χ4v) is 2.56. The van der Waals surface area contributed by atoms with Crippen molar-refractivity contribution in [1.82, 2.24) is 15.3 Å². The summed E-state index contributed by atoms with van der Waals surface area (Å²) in [5.74, 6) is 0.174. The summed E-state index contributed by atoms with van der Waals surface area (Å²) in [6.45, 7) is 9.85. The Morgan fingerprint density at radius 3 is 2.80 bits per heavy atom. The standard InChI is InChI=1S/C15H25FN4/c1-11-13(16)14(18-10-17-11)20-8-6-5-7-12(20)9-19-15(2,3)4/h10,12,19H,5-9H2,1-4H3. The number of hydrogen-bond donors (Lipinski definition) is 1. The highest BCUT2D eigenvalue weighted by atomic mass is 19.1. The predicted molar refractivity (Wildman–Crippen MR) is 79.5 cm³/mol. The molecule has 4 nitrogen and oxygen atoms in total. The molecule has 2 rings (SSSR count). The highest BCUT2D eigenvalue weighted by Gasteiger charge is 2.27. The second kappa shape index (κ2) is 6.04. The number of rotatable bonds is 3. The molecule has 5 heteroatoms. The summed E-state index contributed by atoms with van der Waals surface area (Å²) in [5.41, 5.74) is 0.492. The number of nitrogens with one attached hydrogen (secondary N) is 1. The number of nitrogens with zero attached hydrogens (tertiary/aromatic N) is 3. The zero-order valence-corrected chi connectivity index (χ0v) is 12.9. The van der Waals surface area contributed by atoms with Crippen LogP contribution in [0.25, 0.3) is 0 Å². The summed E-state index contributed by atoms with van der Waals surface area (Å²) in [7, 11) is 0. The maximum Gasteiger partial charge on any atom is 0.186 e. The predicted octanol–water partition coefficient (Wildman–Crippen LogP) is 2.67. The van der Waals surface area contributed by atoms with E-state index in [0.717, 1.165) is 25.9 Å². The van der Waals surface area contributed by atoms with E-state index in [4.69, 9.17) is 0 Å². The average molecular weight is 280 g/mol. The van der Waals surface area contributed by atoms with E-state index in [0.29, 0.717) is 17.6 Å². The first kappa shape index (κ1) is 15.2. The number of hydrogen-bond acceptors (Lipinski definition) is 4. The minimum atomic E-state index is -0.282. The minimum Gasteiger partial charge on any atom is -0.350 e. The third-order valence-electron chi connectivity index (χ3n) is 3.71. The Kier molecular flexibility index (Phi) is 4.58. The van der Waals surface area contributed by atoms with Gasteiger partial charge in [0, 0.05) is 24.7 Å². The van der Waals surface area contributed by atoms with Crippen molar-refractivity contribution >= 4 is 5.82 Å². The Morgan fingerprint density at radius 1 is 1.35 bits per heavy atom. The highest BCUT2D eigenvalue weighted by molar-refractivity contribution is 5.42. The molecule has 1 aromatic rings. The second-order valence-corrected chi connectivity index (χ2v) is 6.57. The Labute approximate surface area is 120 Å². The van der Waals surface area contributed by atoms with Crippen LogP contribution in [0.5, 0.6) is 0 Å². The number of aromatic nitrogens is 2. The molecule has 1 unspecified atom stereocenters. The molecule has 1 aliphatic heterocycles. The molecule has 20 heavy (non-hydrogen) atoms. The maximum absolute atomic E-state index is 14.2. The Hall–Kier alpha value is -1.23. The largest absolute Gasteiger partial charge is 0.350 e. The lowest BCUT2D eigenvalue weighted by Crippen LogP contribution is -2.50. The van der Waals surface area contributed by atoms with Gasteiger partial charge in [0.2, 0.25) is 0 Å². The summed E-state index contributed by atoms with van der Waals surface area (Å²) in [5, 5.41) is 3.52. The van der Waals surface area contributed by atoms with Crippen LogP contribution in [0.4, 0.5) is 10.2 Å². The van der Waals surface area contributed by atoms with Crippen molar-refractivity contribution in [3.05, 3.63) is 17.8 Å². The van der Waals surface area contributed by atoms with Gasteiger partial charge in [0.15, 0.2) is 11.6 Å². The van der Waals surface area contributed by atoms with Crippen molar-refractivity contribution in [3.63, 3.8) is 0 Å². The zero-order chi connectivity index (χ0) is 14.8. The van der Waals surface area contributed by atoms with Crippen LogP contribution in [0.1, 0.15) is 45.7 Å². The molecule has 1 fully saturated rings. The molecule has 0 bridgehead atoms. The van der Waals surface area contributed by atoms with E-state index in [9.17, 15) is 4.39 Å². The topological polar surface area (TPSA) is 41.1 Å². The molecule has 2 heterocycles. The van der Waals surface area contributed by atoms with Crippen molar-refractivity contribution < 1.29 is 4.39 Å². The molecule has 1 aliphatic rings. The van der Waals surface area contributed by atoms with Gasteiger partial charge in [0.05, 0.1) is 5.69 Å². The molecule has 0 aromatic carbocycles. The molecule has 1 N–H and O–H groups in total. The first-order chi connectivity index (χ1) is 9.38. The van der Waals surface area contributed by atoms with Gasteiger partial charge in [-0.3, -0.25) is 0 Å². The fourth-order valence-electron chi connectivity index (χ4n) is 2.56. The summed E-state index contributed by atoms with van der Waals surface area (Å²) < 4.78 is 14.2. The van der Waals surface area contributed by atoms with Crippen molar-refractivity contribution in [1.29, 1.82) is 0 Å². The third kappa shape index (κ3) is 3.66. The average Bonchev–Trinajstić information content (AvgIpc) is 2.39. The van der Waals surface area contributed by atoms with Gasteiger partial charge in [0.1, 0.15) is 6.33 Å². The third-order valence-corrected chi connectivity index (χ3v) is 3.71. The highest BCUT2D eigenvalue weighted by Crippen LogP contribution is 2.26. The lowest BCUT2D eigenvalue weighted by molar-refractivity contribution is 0.363. The van der Waals surface area contributed by atoms with Crippen LogP contribution in [-0.4, -0.2) is 34.6 Å². The van der Waals surface area contributed by atoms with Gasteiger partial charge in [-0.25, -0.2) is 14.4 Å². The van der Waals surface area contributed by atoms with Crippen molar-refractivity contribution in [3.8, 4) is 0 Å². The Bertz CT molecular complexity index is 456. The summed E-state index contributed by atoms with van der Waals surface area (Å²) in [6, 6.07) is 0.298. The molecule has 112 valence electrons. The van der Waals surface area contributed by atoms with Gasteiger partial charge in [-0.05, 0) is 47.0 Å². The molecular formula is C15H25FN4. The van der Waals surface area contributed by atoms with Crippen LogP contribution in [0.2, 0.25) is 0 Å². The molecule has 0 amide bonds. The number of piperidine rings is 1. The van der Waals surface area contributed by atoms with Crippen LogP contribution in [-0.2, 0) is 0 Å². The molecule has 0 aliphatic carbocycles. The molecule has 0 saturated carbocycles. The smallest absolute Gasteiger partial charge is 0.186 e. The molecule has 1 atom stereocenters. The van der Waals surface area contributed by atoms with Crippen molar-refractivity contribution in [2.24, 2.45) is 0 Å². The van der Waals surface area contributed by atoms with Crippen LogP contribution >= 0.6 is 0 Å². The molecule has 0 spiro atoms. The lowest BCUT2D eigenvalue weighted by atomic mass is 10.0. The lowest BCUT2D eigenvalue weighted by Gasteiger charge is -2.38. The minimum absolute atomic E-state index is 0.0727. The van der Waals surface area contributed by atoms with Crippen LogP contribution in [0.3, 0.4) is 0 Å². The normalized spacial score (nSPS) is 20.2. The number of halogens is 1. The van der Waals surface area contributed by atoms with E-state index in [1.54, 1.807) is 6.92 Å². The summed E-state index contributed by atoms with van der Waals surface area (Å²) >= 11 is 0. The van der Waals surface area contributed by atoms with Gasteiger partial charge in [-0.1, -0.05) is 0 Å². The van der Waals surface area contributed by atoms with E-state index in [-0.39, 0.29) is 11.4 Å². The zero-order valence-electron chi connectivity index (χ0n) is 12.9. The maximum atomic E-state index is 14.2. The van der Waals surface area contributed by atoms with E-state index in [2.05, 4.69) is 41.0 Å². The fraction of sp³-hybridized carbons (Fsp3) is 0.733. The van der Waals surface area contributed by atoms with Gasteiger partial charge in [0.25, 0.3) is 0 Å². The quantitative estimate of drug-likeness (QED) is 0.924. The van der Waals surface area contributed by atoms with Crippen LogP contribution in [0, 0.1) is 12.7 Å². The van der Waals surface area contributed by atoms with E-state index >= 15 is 0 Å².